The number of carbonyl (C=O) groups is 1. The zero-order chi connectivity index (χ0) is 22.4. The molecule has 1 N–H and O–H groups in total. The first-order valence-corrected chi connectivity index (χ1v) is 10.1. The van der Waals surface area contributed by atoms with E-state index >= 15 is 0 Å². The van der Waals surface area contributed by atoms with Crippen molar-refractivity contribution in [2.75, 3.05) is 39.2 Å². The van der Waals surface area contributed by atoms with Crippen LogP contribution in [0.5, 0.6) is 5.75 Å². The van der Waals surface area contributed by atoms with Crippen LogP contribution in [-0.2, 0) is 11.8 Å². The lowest BCUT2D eigenvalue weighted by molar-refractivity contribution is 0.0706. The fourth-order valence-corrected chi connectivity index (χ4v) is 3.17. The number of hydrogen-bond acceptors (Lipinski definition) is 7. The van der Waals surface area contributed by atoms with Gasteiger partial charge in [-0.05, 0) is 31.2 Å². The van der Waals surface area contributed by atoms with Gasteiger partial charge in [-0.3, -0.25) is 9.48 Å². The van der Waals surface area contributed by atoms with Crippen LogP contribution < -0.4 is 10.1 Å². The van der Waals surface area contributed by atoms with Crippen LogP contribution in [0.25, 0.3) is 11.4 Å². The molecule has 3 aromatic rings. The number of aryl methyl sites for hydroxylation is 1. The van der Waals surface area contributed by atoms with Gasteiger partial charge in [-0.2, -0.15) is 5.10 Å². The fraction of sp³-hybridized carbons (Fsp3) is 0.333. The molecule has 1 aromatic carbocycles. The molecule has 0 aliphatic carbocycles. The quantitative estimate of drug-likeness (QED) is 0.540. The molecule has 0 aliphatic heterocycles. The fourth-order valence-electron chi connectivity index (χ4n) is 2.98. The summed E-state index contributed by atoms with van der Waals surface area (Å²) < 4.78 is 12.2. The molecule has 0 unspecified atom stereocenters. The summed E-state index contributed by atoms with van der Waals surface area (Å²) in [5, 5.41) is 7.86. The number of nitrogens with zero attached hydrogens (tertiary/aromatic N) is 5. The standard InChI is InChI=1S/C21H25ClN6O3/c1-5-28(10-11-30-3)20(29)14-6-7-16(18(12-14)31-4)24-21-23-13-15(22)19(25-21)17-8-9-27(2)26-17/h6-9,12-13H,5,10-11H2,1-4H3,(H,23,24,25). The number of rotatable bonds is 9. The number of carbonyl (C=O) groups excluding carboxylic acids is 1. The van der Waals surface area contributed by atoms with Gasteiger partial charge in [-0.15, -0.1) is 0 Å². The molecule has 1 amide bonds. The number of benzene rings is 1. The molecule has 164 valence electrons. The summed E-state index contributed by atoms with van der Waals surface area (Å²) >= 11 is 6.26. The van der Waals surface area contributed by atoms with Crippen molar-refractivity contribution in [2.24, 2.45) is 7.05 Å². The number of amides is 1. The normalized spacial score (nSPS) is 10.7. The molecule has 0 radical (unpaired) electrons. The predicted octanol–water partition coefficient (Wildman–Crippen LogP) is 3.39. The minimum Gasteiger partial charge on any atom is -0.495 e. The van der Waals surface area contributed by atoms with Crippen molar-refractivity contribution in [1.29, 1.82) is 0 Å². The molecular formula is C21H25ClN6O3. The number of methoxy groups -OCH3 is 2. The number of hydrogen-bond donors (Lipinski definition) is 1. The molecule has 0 saturated carbocycles. The molecule has 0 spiro atoms. The largest absolute Gasteiger partial charge is 0.495 e. The molecular weight excluding hydrogens is 420 g/mol. The Kier molecular flexibility index (Phi) is 7.43. The van der Waals surface area contributed by atoms with Crippen LogP contribution in [-0.4, -0.2) is 64.5 Å². The number of likely N-dealkylation sites (N-methyl/N-ethyl adjacent to an activating group) is 1. The van der Waals surface area contributed by atoms with Crippen molar-refractivity contribution in [1.82, 2.24) is 24.6 Å². The molecule has 2 heterocycles. The smallest absolute Gasteiger partial charge is 0.254 e. The van der Waals surface area contributed by atoms with Gasteiger partial charge in [0.2, 0.25) is 5.95 Å². The predicted molar refractivity (Wildman–Crippen MR) is 119 cm³/mol. The number of nitrogens with one attached hydrogen (secondary N) is 1. The van der Waals surface area contributed by atoms with E-state index < -0.39 is 0 Å². The summed E-state index contributed by atoms with van der Waals surface area (Å²) in [5.41, 5.74) is 2.30. The highest BCUT2D eigenvalue weighted by atomic mass is 35.5. The van der Waals surface area contributed by atoms with Crippen molar-refractivity contribution >= 4 is 29.1 Å². The summed E-state index contributed by atoms with van der Waals surface area (Å²) in [6, 6.07) is 7.00. The second-order valence-electron chi connectivity index (χ2n) is 6.68. The summed E-state index contributed by atoms with van der Waals surface area (Å²) in [6.07, 6.45) is 3.33. The third-order valence-corrected chi connectivity index (χ3v) is 4.91. The van der Waals surface area contributed by atoms with E-state index in [1.807, 2.05) is 26.2 Å². The second-order valence-corrected chi connectivity index (χ2v) is 7.09. The first-order valence-electron chi connectivity index (χ1n) is 9.72. The molecule has 0 atom stereocenters. The van der Waals surface area contributed by atoms with E-state index in [1.165, 1.54) is 6.20 Å². The van der Waals surface area contributed by atoms with Crippen LogP contribution in [0.1, 0.15) is 17.3 Å². The average Bonchev–Trinajstić information content (AvgIpc) is 3.21. The Morgan fingerprint density at radius 2 is 2.10 bits per heavy atom. The zero-order valence-electron chi connectivity index (χ0n) is 17.9. The van der Waals surface area contributed by atoms with Crippen LogP contribution in [0.15, 0.2) is 36.7 Å². The Hall–Kier alpha value is -3.17. The third kappa shape index (κ3) is 5.31. The van der Waals surface area contributed by atoms with Crippen LogP contribution in [0.4, 0.5) is 11.6 Å². The average molecular weight is 445 g/mol. The summed E-state index contributed by atoms with van der Waals surface area (Å²) in [4.78, 5) is 23.2. The lowest BCUT2D eigenvalue weighted by Crippen LogP contribution is -2.33. The van der Waals surface area contributed by atoms with E-state index in [0.717, 1.165) is 0 Å². The van der Waals surface area contributed by atoms with Gasteiger partial charge in [-0.1, -0.05) is 11.6 Å². The number of ether oxygens (including phenoxy) is 2. The second kappa shape index (κ2) is 10.2. The highest BCUT2D eigenvalue weighted by Crippen LogP contribution is 2.30. The van der Waals surface area contributed by atoms with E-state index in [2.05, 4.69) is 20.4 Å². The van der Waals surface area contributed by atoms with Crippen LogP contribution in [0.3, 0.4) is 0 Å². The zero-order valence-corrected chi connectivity index (χ0v) is 18.7. The molecule has 0 saturated heterocycles. The summed E-state index contributed by atoms with van der Waals surface area (Å²) in [6.45, 7) is 3.50. The van der Waals surface area contributed by atoms with Crippen molar-refractivity contribution in [3.63, 3.8) is 0 Å². The van der Waals surface area contributed by atoms with Gasteiger partial charge in [0, 0.05) is 39.0 Å². The maximum Gasteiger partial charge on any atom is 0.254 e. The molecule has 31 heavy (non-hydrogen) atoms. The summed E-state index contributed by atoms with van der Waals surface area (Å²) in [5.74, 6) is 0.730. The van der Waals surface area contributed by atoms with Crippen molar-refractivity contribution in [3.05, 3.63) is 47.2 Å². The van der Waals surface area contributed by atoms with E-state index in [1.54, 1.807) is 42.0 Å². The van der Waals surface area contributed by atoms with Gasteiger partial charge in [0.05, 0.1) is 30.6 Å². The van der Waals surface area contributed by atoms with Gasteiger partial charge in [0.15, 0.2) is 0 Å². The molecule has 0 fully saturated rings. The maximum absolute atomic E-state index is 12.8. The van der Waals surface area contributed by atoms with Gasteiger partial charge in [-0.25, -0.2) is 9.97 Å². The molecule has 0 bridgehead atoms. The van der Waals surface area contributed by atoms with E-state index in [0.29, 0.717) is 59.1 Å². The Balaban J connectivity index is 1.85. The van der Waals surface area contributed by atoms with Gasteiger partial charge in [0.25, 0.3) is 5.91 Å². The third-order valence-electron chi connectivity index (χ3n) is 4.63. The van der Waals surface area contributed by atoms with E-state index in [9.17, 15) is 4.79 Å². The Morgan fingerprint density at radius 3 is 2.74 bits per heavy atom. The van der Waals surface area contributed by atoms with Crippen LogP contribution in [0.2, 0.25) is 5.02 Å². The van der Waals surface area contributed by atoms with E-state index in [4.69, 9.17) is 21.1 Å². The first kappa shape index (κ1) is 22.5. The highest BCUT2D eigenvalue weighted by Gasteiger charge is 2.17. The molecule has 2 aromatic heterocycles. The van der Waals surface area contributed by atoms with Gasteiger partial charge in [0.1, 0.15) is 17.1 Å². The molecule has 10 heteroatoms. The van der Waals surface area contributed by atoms with Gasteiger partial charge < -0.3 is 19.7 Å². The summed E-state index contributed by atoms with van der Waals surface area (Å²) in [7, 11) is 4.97. The lowest BCUT2D eigenvalue weighted by Gasteiger charge is -2.21. The molecule has 3 rings (SSSR count). The highest BCUT2D eigenvalue weighted by molar-refractivity contribution is 6.32. The minimum atomic E-state index is -0.0930. The SMILES string of the molecule is CCN(CCOC)C(=O)c1ccc(Nc2ncc(Cl)c(-c3ccn(C)n3)n2)c(OC)c1. The van der Waals surface area contributed by atoms with Crippen LogP contribution >= 0.6 is 11.6 Å². The van der Waals surface area contributed by atoms with Crippen molar-refractivity contribution in [2.45, 2.75) is 6.92 Å². The lowest BCUT2D eigenvalue weighted by atomic mass is 10.1. The minimum absolute atomic E-state index is 0.0930. The van der Waals surface area contributed by atoms with E-state index in [-0.39, 0.29) is 5.91 Å². The van der Waals surface area contributed by atoms with Crippen LogP contribution in [0, 0.1) is 0 Å². The monoisotopic (exact) mass is 444 g/mol. The van der Waals surface area contributed by atoms with Crippen molar-refractivity contribution in [3.8, 4) is 17.1 Å². The molecule has 9 nitrogen and oxygen atoms in total. The topological polar surface area (TPSA) is 94.4 Å². The number of aromatic nitrogens is 4. The maximum atomic E-state index is 12.8. The number of anilines is 2. The Bertz CT molecular complexity index is 1060. The Labute approximate surface area is 186 Å². The Morgan fingerprint density at radius 1 is 1.29 bits per heavy atom. The number of halogens is 1. The first-order chi connectivity index (χ1) is 15.0. The van der Waals surface area contributed by atoms with Crippen molar-refractivity contribution < 1.29 is 14.3 Å². The van der Waals surface area contributed by atoms with Gasteiger partial charge >= 0.3 is 0 Å². The molecule has 0 aliphatic rings.